The Bertz CT molecular complexity index is 410. The summed E-state index contributed by atoms with van der Waals surface area (Å²) in [5.74, 6) is 1.20. The lowest BCUT2D eigenvalue weighted by atomic mass is 10.2. The van der Waals surface area contributed by atoms with Crippen LogP contribution in [-0.2, 0) is 0 Å². The first-order valence-electron chi connectivity index (χ1n) is 5.73. The third kappa shape index (κ3) is 4.10. The zero-order chi connectivity index (χ0) is 13.5. The molecule has 18 heavy (non-hydrogen) atoms. The summed E-state index contributed by atoms with van der Waals surface area (Å²) in [4.78, 5) is 10.7. The van der Waals surface area contributed by atoms with Crippen LogP contribution in [0.1, 0.15) is 13.8 Å². The van der Waals surface area contributed by atoms with Gasteiger partial charge in [0, 0.05) is 12.3 Å². The van der Waals surface area contributed by atoms with E-state index in [0.717, 1.165) is 5.75 Å². The summed E-state index contributed by atoms with van der Waals surface area (Å²) in [6.45, 7) is 4.38. The fourth-order valence-electron chi connectivity index (χ4n) is 1.49. The molecule has 1 N–H and O–H groups in total. The lowest BCUT2D eigenvalue weighted by molar-refractivity contribution is -0.385. The van der Waals surface area contributed by atoms with Gasteiger partial charge in [0.1, 0.15) is 5.69 Å². The van der Waals surface area contributed by atoms with Gasteiger partial charge in [-0.25, -0.2) is 0 Å². The molecule has 0 aliphatic carbocycles. The quantitative estimate of drug-likeness (QED) is 0.468. The van der Waals surface area contributed by atoms with Crippen LogP contribution in [-0.4, -0.2) is 29.6 Å². The number of hydrogen-bond donors (Lipinski definition) is 1. The van der Waals surface area contributed by atoms with Crippen LogP contribution in [0.2, 0.25) is 0 Å². The molecule has 0 spiro atoms. The van der Waals surface area contributed by atoms with Crippen molar-refractivity contribution in [3.8, 4) is 5.75 Å². The van der Waals surface area contributed by atoms with E-state index in [1.807, 2.05) is 20.1 Å². The summed E-state index contributed by atoms with van der Waals surface area (Å²) in [5.41, 5.74) is 0.513. The molecule has 0 aliphatic heterocycles. The molecule has 1 rings (SSSR count). The number of nitro benzene ring substituents is 1. The van der Waals surface area contributed by atoms with Crippen molar-refractivity contribution in [3.63, 3.8) is 0 Å². The molecule has 100 valence electrons. The van der Waals surface area contributed by atoms with Crippen molar-refractivity contribution in [2.24, 2.45) is 0 Å². The second-order valence-corrected chi connectivity index (χ2v) is 4.98. The standard InChI is InChI=1S/C12H18N2O3S/c1-9(2)17-11-6-4-5-10(12(11)14(15)16)13-7-8-18-3/h4-6,9,13H,7-8H2,1-3H3. The maximum absolute atomic E-state index is 11.1. The third-order valence-electron chi connectivity index (χ3n) is 2.17. The zero-order valence-corrected chi connectivity index (χ0v) is 11.6. The second kappa shape index (κ2) is 7.10. The minimum Gasteiger partial charge on any atom is -0.484 e. The third-order valence-corrected chi connectivity index (χ3v) is 2.78. The summed E-state index contributed by atoms with van der Waals surface area (Å²) < 4.78 is 5.47. The number of ether oxygens (including phenoxy) is 1. The fraction of sp³-hybridized carbons (Fsp3) is 0.500. The number of benzene rings is 1. The Balaban J connectivity index is 2.98. The monoisotopic (exact) mass is 270 g/mol. The molecule has 0 unspecified atom stereocenters. The molecule has 0 amide bonds. The Morgan fingerprint density at radius 1 is 1.50 bits per heavy atom. The van der Waals surface area contributed by atoms with E-state index in [1.165, 1.54) is 0 Å². The van der Waals surface area contributed by atoms with Crippen molar-refractivity contribution >= 4 is 23.1 Å². The number of rotatable bonds is 7. The first-order chi connectivity index (χ1) is 8.56. The van der Waals surface area contributed by atoms with Crippen LogP contribution in [0, 0.1) is 10.1 Å². The summed E-state index contributed by atoms with van der Waals surface area (Å²) in [7, 11) is 0. The molecule has 6 heteroatoms. The van der Waals surface area contributed by atoms with Gasteiger partial charge in [0.25, 0.3) is 0 Å². The molecule has 0 bridgehead atoms. The highest BCUT2D eigenvalue weighted by atomic mass is 32.2. The smallest absolute Gasteiger partial charge is 0.333 e. The lowest BCUT2D eigenvalue weighted by Crippen LogP contribution is -2.10. The van der Waals surface area contributed by atoms with Crippen LogP contribution >= 0.6 is 11.8 Å². The van der Waals surface area contributed by atoms with Crippen molar-refractivity contribution in [2.45, 2.75) is 20.0 Å². The van der Waals surface area contributed by atoms with Gasteiger partial charge < -0.3 is 10.1 Å². The molecule has 0 saturated carbocycles. The minimum absolute atomic E-state index is 0.00676. The van der Waals surface area contributed by atoms with E-state index in [0.29, 0.717) is 18.0 Å². The first kappa shape index (κ1) is 14.6. The molecule has 0 atom stereocenters. The highest BCUT2D eigenvalue weighted by molar-refractivity contribution is 7.98. The van der Waals surface area contributed by atoms with Gasteiger partial charge in [-0.1, -0.05) is 6.07 Å². The number of anilines is 1. The number of nitrogens with zero attached hydrogens (tertiary/aromatic N) is 1. The van der Waals surface area contributed by atoms with Gasteiger partial charge in [0.15, 0.2) is 5.75 Å². The summed E-state index contributed by atoms with van der Waals surface area (Å²) in [6.07, 6.45) is 1.90. The van der Waals surface area contributed by atoms with Crippen molar-refractivity contribution in [1.82, 2.24) is 0 Å². The molecule has 0 radical (unpaired) electrons. The van der Waals surface area contributed by atoms with Crippen LogP contribution in [0.5, 0.6) is 5.75 Å². The largest absolute Gasteiger partial charge is 0.484 e. The second-order valence-electron chi connectivity index (χ2n) is 4.00. The molecular formula is C12H18N2O3S. The van der Waals surface area contributed by atoms with E-state index in [9.17, 15) is 10.1 Å². The van der Waals surface area contributed by atoms with Gasteiger partial charge >= 0.3 is 5.69 Å². The SMILES string of the molecule is CSCCNc1cccc(OC(C)C)c1[N+](=O)[O-]. The van der Waals surface area contributed by atoms with E-state index in [4.69, 9.17) is 4.74 Å². The van der Waals surface area contributed by atoms with E-state index >= 15 is 0 Å². The van der Waals surface area contributed by atoms with Crippen molar-refractivity contribution < 1.29 is 9.66 Å². The number of para-hydroxylation sites is 1. The van der Waals surface area contributed by atoms with E-state index < -0.39 is 4.92 Å². The summed E-state index contributed by atoms with van der Waals surface area (Å²) in [6, 6.07) is 5.08. The number of nitrogens with one attached hydrogen (secondary N) is 1. The predicted octanol–water partition coefficient (Wildman–Crippen LogP) is 3.16. The van der Waals surface area contributed by atoms with Crippen molar-refractivity contribution in [3.05, 3.63) is 28.3 Å². The first-order valence-corrected chi connectivity index (χ1v) is 7.12. The van der Waals surface area contributed by atoms with Crippen molar-refractivity contribution in [2.75, 3.05) is 23.9 Å². The van der Waals surface area contributed by atoms with Crippen molar-refractivity contribution in [1.29, 1.82) is 0 Å². The molecule has 1 aromatic carbocycles. The number of hydrogen-bond acceptors (Lipinski definition) is 5. The minimum atomic E-state index is -0.404. The fourth-order valence-corrected chi connectivity index (χ4v) is 1.80. The molecule has 0 heterocycles. The van der Waals surface area contributed by atoms with E-state index in [-0.39, 0.29) is 11.8 Å². The Morgan fingerprint density at radius 2 is 2.22 bits per heavy atom. The molecule has 0 fully saturated rings. The summed E-state index contributed by atoms with van der Waals surface area (Å²) >= 11 is 1.69. The lowest BCUT2D eigenvalue weighted by Gasteiger charge is -2.12. The molecule has 0 aliphatic rings. The van der Waals surface area contributed by atoms with Gasteiger partial charge in [-0.2, -0.15) is 11.8 Å². The maximum atomic E-state index is 11.1. The molecule has 1 aromatic rings. The Kier molecular flexibility index (Phi) is 5.77. The van der Waals surface area contributed by atoms with Gasteiger partial charge in [0.2, 0.25) is 0 Å². The Labute approximate surface area is 111 Å². The highest BCUT2D eigenvalue weighted by Gasteiger charge is 2.21. The molecule has 5 nitrogen and oxygen atoms in total. The molecule has 0 aromatic heterocycles. The van der Waals surface area contributed by atoms with Gasteiger partial charge in [0.05, 0.1) is 11.0 Å². The number of thioether (sulfide) groups is 1. The van der Waals surface area contributed by atoms with Gasteiger partial charge in [-0.05, 0) is 32.2 Å². The van der Waals surface area contributed by atoms with Gasteiger partial charge in [-0.3, -0.25) is 10.1 Å². The van der Waals surface area contributed by atoms with Crippen LogP contribution < -0.4 is 10.1 Å². The number of nitro groups is 1. The van der Waals surface area contributed by atoms with E-state index in [1.54, 1.807) is 30.0 Å². The average Bonchev–Trinajstić information content (AvgIpc) is 2.28. The Morgan fingerprint density at radius 3 is 2.78 bits per heavy atom. The molecule has 0 saturated heterocycles. The normalized spacial score (nSPS) is 10.4. The van der Waals surface area contributed by atoms with Crippen LogP contribution in [0.3, 0.4) is 0 Å². The molecular weight excluding hydrogens is 252 g/mol. The maximum Gasteiger partial charge on any atom is 0.333 e. The van der Waals surface area contributed by atoms with Crippen LogP contribution in [0.4, 0.5) is 11.4 Å². The Hall–Kier alpha value is -1.43. The van der Waals surface area contributed by atoms with Gasteiger partial charge in [-0.15, -0.1) is 0 Å². The van der Waals surface area contributed by atoms with Crippen LogP contribution in [0.15, 0.2) is 18.2 Å². The van der Waals surface area contributed by atoms with E-state index in [2.05, 4.69) is 5.32 Å². The summed E-state index contributed by atoms with van der Waals surface area (Å²) in [5, 5.41) is 14.2. The predicted molar refractivity (Wildman–Crippen MR) is 75.7 cm³/mol. The topological polar surface area (TPSA) is 64.4 Å². The average molecular weight is 270 g/mol. The zero-order valence-electron chi connectivity index (χ0n) is 10.8. The van der Waals surface area contributed by atoms with Crippen LogP contribution in [0.25, 0.3) is 0 Å². The highest BCUT2D eigenvalue weighted by Crippen LogP contribution is 2.35.